The molecule has 0 saturated heterocycles. The average Bonchev–Trinajstić information content (AvgIpc) is 2.93. The quantitative estimate of drug-likeness (QED) is 0.800. The summed E-state index contributed by atoms with van der Waals surface area (Å²) >= 11 is 12.0. The van der Waals surface area contributed by atoms with E-state index in [9.17, 15) is 0 Å². The van der Waals surface area contributed by atoms with Crippen LogP contribution in [0, 0.1) is 0 Å². The van der Waals surface area contributed by atoms with Gasteiger partial charge in [0.15, 0.2) is 0 Å². The summed E-state index contributed by atoms with van der Waals surface area (Å²) in [5, 5.41) is 4.71. The standard InChI is InChI=1S/C15H17Cl2NO/c1-3-14(11-6-7-12(16)13(17)9-11)18-10(2)15-5-4-8-19-15/h4-10,14,18H,3H2,1-2H3/t10-,14?/m0/s1. The Morgan fingerprint density at radius 1 is 1.21 bits per heavy atom. The van der Waals surface area contributed by atoms with Crippen LogP contribution in [0.1, 0.15) is 43.7 Å². The van der Waals surface area contributed by atoms with Crippen molar-refractivity contribution in [2.45, 2.75) is 32.4 Å². The van der Waals surface area contributed by atoms with Gasteiger partial charge in [-0.1, -0.05) is 36.2 Å². The molecule has 0 fully saturated rings. The Labute approximate surface area is 123 Å². The van der Waals surface area contributed by atoms with Crippen LogP contribution in [0.4, 0.5) is 0 Å². The van der Waals surface area contributed by atoms with E-state index in [0.717, 1.165) is 17.7 Å². The first kappa shape index (κ1) is 14.4. The molecule has 4 heteroatoms. The van der Waals surface area contributed by atoms with E-state index in [0.29, 0.717) is 10.0 Å². The number of benzene rings is 1. The summed E-state index contributed by atoms with van der Waals surface area (Å²) < 4.78 is 5.41. The molecule has 1 aromatic carbocycles. The Morgan fingerprint density at radius 2 is 2.00 bits per heavy atom. The molecule has 0 aliphatic carbocycles. The molecule has 102 valence electrons. The zero-order chi connectivity index (χ0) is 13.8. The second kappa shape index (κ2) is 6.47. The first-order valence-corrected chi connectivity index (χ1v) is 7.11. The highest BCUT2D eigenvalue weighted by Crippen LogP contribution is 2.28. The summed E-state index contributed by atoms with van der Waals surface area (Å²) in [5.41, 5.74) is 1.13. The second-order valence-corrected chi connectivity index (χ2v) is 5.35. The molecule has 2 atom stereocenters. The van der Waals surface area contributed by atoms with Crippen molar-refractivity contribution >= 4 is 23.2 Å². The highest BCUT2D eigenvalue weighted by molar-refractivity contribution is 6.42. The van der Waals surface area contributed by atoms with Gasteiger partial charge in [-0.15, -0.1) is 0 Å². The summed E-state index contributed by atoms with van der Waals surface area (Å²) in [4.78, 5) is 0. The van der Waals surface area contributed by atoms with Crippen LogP contribution >= 0.6 is 23.2 Å². The lowest BCUT2D eigenvalue weighted by Crippen LogP contribution is -2.23. The van der Waals surface area contributed by atoms with Crippen LogP contribution in [0.15, 0.2) is 41.0 Å². The summed E-state index contributed by atoms with van der Waals surface area (Å²) in [5.74, 6) is 0.929. The van der Waals surface area contributed by atoms with E-state index in [2.05, 4.69) is 19.2 Å². The molecule has 1 unspecified atom stereocenters. The van der Waals surface area contributed by atoms with Crippen molar-refractivity contribution in [1.82, 2.24) is 5.32 Å². The van der Waals surface area contributed by atoms with Crippen molar-refractivity contribution in [3.63, 3.8) is 0 Å². The van der Waals surface area contributed by atoms with E-state index in [-0.39, 0.29) is 12.1 Å². The van der Waals surface area contributed by atoms with Gasteiger partial charge in [0, 0.05) is 6.04 Å². The summed E-state index contributed by atoms with van der Waals surface area (Å²) in [6, 6.07) is 9.99. The van der Waals surface area contributed by atoms with Crippen LogP contribution in [-0.4, -0.2) is 0 Å². The predicted octanol–water partition coefficient (Wildman–Crippen LogP) is 5.39. The third kappa shape index (κ3) is 3.53. The largest absolute Gasteiger partial charge is 0.468 e. The highest BCUT2D eigenvalue weighted by Gasteiger charge is 2.16. The van der Waals surface area contributed by atoms with Crippen molar-refractivity contribution in [2.24, 2.45) is 0 Å². The Morgan fingerprint density at radius 3 is 2.58 bits per heavy atom. The van der Waals surface area contributed by atoms with Crippen molar-refractivity contribution in [3.05, 3.63) is 58.0 Å². The van der Waals surface area contributed by atoms with Crippen LogP contribution in [0.25, 0.3) is 0 Å². The second-order valence-electron chi connectivity index (χ2n) is 4.54. The van der Waals surface area contributed by atoms with Crippen molar-refractivity contribution in [3.8, 4) is 0 Å². The number of nitrogens with one attached hydrogen (secondary N) is 1. The smallest absolute Gasteiger partial charge is 0.120 e. The molecule has 0 amide bonds. The van der Waals surface area contributed by atoms with Gasteiger partial charge in [-0.2, -0.15) is 0 Å². The fourth-order valence-corrected chi connectivity index (χ4v) is 2.41. The molecule has 1 N–H and O–H groups in total. The van der Waals surface area contributed by atoms with Crippen molar-refractivity contribution in [2.75, 3.05) is 0 Å². The SMILES string of the molecule is CCC(N[C@@H](C)c1ccco1)c1ccc(Cl)c(Cl)c1. The third-order valence-electron chi connectivity index (χ3n) is 3.18. The molecule has 2 rings (SSSR count). The molecule has 1 heterocycles. The zero-order valence-corrected chi connectivity index (χ0v) is 12.5. The number of hydrogen-bond acceptors (Lipinski definition) is 2. The van der Waals surface area contributed by atoms with Gasteiger partial charge in [0.05, 0.1) is 22.4 Å². The minimum absolute atomic E-state index is 0.148. The topological polar surface area (TPSA) is 25.2 Å². The van der Waals surface area contributed by atoms with Gasteiger partial charge in [-0.05, 0) is 43.2 Å². The summed E-state index contributed by atoms with van der Waals surface area (Å²) in [6.07, 6.45) is 2.65. The highest BCUT2D eigenvalue weighted by atomic mass is 35.5. The molecule has 19 heavy (non-hydrogen) atoms. The van der Waals surface area contributed by atoms with Gasteiger partial charge in [0.1, 0.15) is 5.76 Å². The number of halogens is 2. The molecule has 0 radical (unpaired) electrons. The first-order valence-electron chi connectivity index (χ1n) is 6.36. The Balaban J connectivity index is 2.13. The molecule has 2 aromatic rings. The van der Waals surface area contributed by atoms with Crippen molar-refractivity contribution in [1.29, 1.82) is 0 Å². The normalized spacial score (nSPS) is 14.3. The van der Waals surface area contributed by atoms with Crippen LogP contribution in [0.5, 0.6) is 0 Å². The predicted molar refractivity (Wildman–Crippen MR) is 79.8 cm³/mol. The molecular formula is C15H17Cl2NO. The number of hydrogen-bond donors (Lipinski definition) is 1. The van der Waals surface area contributed by atoms with Gasteiger partial charge in [0.25, 0.3) is 0 Å². The number of furan rings is 1. The lowest BCUT2D eigenvalue weighted by Gasteiger charge is -2.22. The van der Waals surface area contributed by atoms with Gasteiger partial charge in [0.2, 0.25) is 0 Å². The van der Waals surface area contributed by atoms with Gasteiger partial charge in [-0.3, -0.25) is 0 Å². The minimum Gasteiger partial charge on any atom is -0.468 e. The van der Waals surface area contributed by atoms with E-state index in [4.69, 9.17) is 27.6 Å². The Bertz CT molecular complexity index is 525. The van der Waals surface area contributed by atoms with E-state index in [1.165, 1.54) is 0 Å². The maximum absolute atomic E-state index is 6.07. The lowest BCUT2D eigenvalue weighted by atomic mass is 10.0. The first-order chi connectivity index (χ1) is 9.11. The summed E-state index contributed by atoms with van der Waals surface area (Å²) in [7, 11) is 0. The molecule has 0 spiro atoms. The minimum atomic E-state index is 0.148. The Hall–Kier alpha value is -0.960. The monoisotopic (exact) mass is 297 g/mol. The van der Waals surface area contributed by atoms with Crippen LogP contribution in [0.2, 0.25) is 10.0 Å². The average molecular weight is 298 g/mol. The van der Waals surface area contributed by atoms with Gasteiger partial charge < -0.3 is 9.73 Å². The van der Waals surface area contributed by atoms with Crippen LogP contribution in [0.3, 0.4) is 0 Å². The molecule has 0 aliphatic heterocycles. The lowest BCUT2D eigenvalue weighted by molar-refractivity contribution is 0.387. The molecule has 1 aromatic heterocycles. The van der Waals surface area contributed by atoms with Crippen LogP contribution < -0.4 is 5.32 Å². The Kier molecular flexibility index (Phi) is 4.92. The van der Waals surface area contributed by atoms with E-state index in [1.807, 2.05) is 30.3 Å². The molecular weight excluding hydrogens is 281 g/mol. The molecule has 0 bridgehead atoms. The van der Waals surface area contributed by atoms with Crippen molar-refractivity contribution < 1.29 is 4.42 Å². The molecule has 2 nitrogen and oxygen atoms in total. The summed E-state index contributed by atoms with van der Waals surface area (Å²) in [6.45, 7) is 4.22. The van der Waals surface area contributed by atoms with E-state index >= 15 is 0 Å². The van der Waals surface area contributed by atoms with E-state index < -0.39 is 0 Å². The maximum atomic E-state index is 6.07. The number of rotatable bonds is 5. The van der Waals surface area contributed by atoms with Crippen LogP contribution in [-0.2, 0) is 0 Å². The molecule has 0 saturated carbocycles. The van der Waals surface area contributed by atoms with Gasteiger partial charge in [-0.25, -0.2) is 0 Å². The maximum Gasteiger partial charge on any atom is 0.120 e. The third-order valence-corrected chi connectivity index (χ3v) is 3.91. The van der Waals surface area contributed by atoms with Gasteiger partial charge >= 0.3 is 0 Å². The molecule has 0 aliphatic rings. The van der Waals surface area contributed by atoms with E-state index in [1.54, 1.807) is 6.26 Å². The fraction of sp³-hybridized carbons (Fsp3) is 0.333. The fourth-order valence-electron chi connectivity index (χ4n) is 2.10. The zero-order valence-electron chi connectivity index (χ0n) is 11.0.